The van der Waals surface area contributed by atoms with Crippen LogP contribution in [-0.4, -0.2) is 19.5 Å². The predicted octanol–water partition coefficient (Wildman–Crippen LogP) is 0.550. The molecule has 3 rings (SSSR count). The summed E-state index contributed by atoms with van der Waals surface area (Å²) in [7, 11) is 0. The zero-order chi connectivity index (χ0) is 14.0. The Labute approximate surface area is 146 Å². The third kappa shape index (κ3) is 3.62. The molecule has 0 aromatic rings. The summed E-state index contributed by atoms with van der Waals surface area (Å²) >= 11 is 2.37. The predicted molar refractivity (Wildman–Crippen MR) is 83.2 cm³/mol. The number of esters is 1. The van der Waals surface area contributed by atoms with Crippen LogP contribution in [0.1, 0.15) is 64.2 Å². The van der Waals surface area contributed by atoms with Crippen LogP contribution in [0, 0.1) is 5.92 Å². The van der Waals surface area contributed by atoms with E-state index in [0.29, 0.717) is 9.97 Å². The van der Waals surface area contributed by atoms with Gasteiger partial charge in [0.1, 0.15) is 0 Å². The van der Waals surface area contributed by atoms with Crippen LogP contribution in [0.4, 0.5) is 0 Å². The number of halogens is 2. The monoisotopic (exact) mass is 504 g/mol. The minimum atomic E-state index is -0.105. The number of alkyl halides is 2. The van der Waals surface area contributed by atoms with Crippen molar-refractivity contribution in [2.75, 3.05) is 0 Å². The fourth-order valence-electron chi connectivity index (χ4n) is 3.90. The Morgan fingerprint density at radius 3 is 2.35 bits per heavy atom. The molecule has 1 N–H and O–H groups in total. The summed E-state index contributed by atoms with van der Waals surface area (Å²) in [6.07, 6.45) is 12.6. The van der Waals surface area contributed by atoms with Crippen LogP contribution in [0.15, 0.2) is 0 Å². The summed E-state index contributed by atoms with van der Waals surface area (Å²) in [6.45, 7) is 0. The van der Waals surface area contributed by atoms with E-state index >= 15 is 0 Å². The topological polar surface area (TPSA) is 48.2 Å². The number of hydrogen-bond acceptors (Lipinski definition) is 3. The van der Waals surface area contributed by atoms with E-state index < -0.39 is 0 Å². The van der Waals surface area contributed by atoms with Gasteiger partial charge in [-0.25, -0.2) is 0 Å². The second-order valence-electron chi connectivity index (χ2n) is 6.40. The summed E-state index contributed by atoms with van der Waals surface area (Å²) < 4.78 is 10.1. The van der Waals surface area contributed by atoms with Crippen molar-refractivity contribution in [1.29, 1.82) is 0 Å². The van der Waals surface area contributed by atoms with E-state index in [0.717, 1.165) is 12.8 Å². The van der Waals surface area contributed by atoms with Gasteiger partial charge in [0, 0.05) is 0 Å². The second-order valence-corrected chi connectivity index (χ2v) is 10.3. The Kier molecular flexibility index (Phi) is 5.50. The van der Waals surface area contributed by atoms with Gasteiger partial charge in [-0.3, -0.25) is 0 Å². The second kappa shape index (κ2) is 6.98. The standard InChI is InChI=1S/C15H24I2NO2/c16-12(13-17-18-13)14(19)20-15(9-5-2-6-10-15)11-7-3-1-4-8-11/h11-13,18H,1-10H2/q-1. The number of hydrogen-bond donors (Lipinski definition) is 1. The zero-order valence-corrected chi connectivity index (χ0v) is 16.2. The van der Waals surface area contributed by atoms with Crippen LogP contribution in [0.3, 0.4) is 0 Å². The Morgan fingerprint density at radius 2 is 1.75 bits per heavy atom. The van der Waals surface area contributed by atoms with Gasteiger partial charge in [0.2, 0.25) is 0 Å². The van der Waals surface area contributed by atoms with Crippen molar-refractivity contribution in [3.8, 4) is 0 Å². The van der Waals surface area contributed by atoms with E-state index in [-0.39, 0.29) is 37.0 Å². The first kappa shape index (κ1) is 15.8. The molecule has 3 nitrogen and oxygen atoms in total. The van der Waals surface area contributed by atoms with E-state index in [1.165, 1.54) is 51.4 Å². The molecule has 2 saturated carbocycles. The average molecular weight is 504 g/mol. The van der Waals surface area contributed by atoms with Crippen molar-refractivity contribution in [3.05, 3.63) is 0 Å². The number of ether oxygens (including phenoxy) is 1. The van der Waals surface area contributed by atoms with Crippen LogP contribution in [0.5, 0.6) is 0 Å². The number of rotatable bonds is 4. The molecule has 0 bridgehead atoms. The molecule has 0 spiro atoms. The Hall–Kier alpha value is 0.890. The van der Waals surface area contributed by atoms with Crippen molar-refractivity contribution in [2.24, 2.45) is 5.92 Å². The summed E-state index contributed by atoms with van der Waals surface area (Å²) in [5, 5.41) is 0. The molecule has 116 valence electrons. The summed E-state index contributed by atoms with van der Waals surface area (Å²) in [4.78, 5) is 12.5. The molecule has 0 aromatic heterocycles. The van der Waals surface area contributed by atoms with Crippen molar-refractivity contribution >= 4 is 28.6 Å². The maximum atomic E-state index is 12.5. The Morgan fingerprint density at radius 1 is 1.15 bits per heavy atom. The Balaban J connectivity index is 1.69. The zero-order valence-electron chi connectivity index (χ0n) is 11.9. The first-order valence-electron chi connectivity index (χ1n) is 7.96. The molecule has 3 aliphatic rings. The number of carbonyl (C=O) groups excluding carboxylic acids is 1. The van der Waals surface area contributed by atoms with Gasteiger partial charge in [-0.15, -0.1) is 0 Å². The molecule has 2 unspecified atom stereocenters. The van der Waals surface area contributed by atoms with E-state index in [9.17, 15) is 4.79 Å². The van der Waals surface area contributed by atoms with Crippen molar-refractivity contribution in [3.63, 3.8) is 0 Å². The van der Waals surface area contributed by atoms with Crippen LogP contribution in [0.2, 0.25) is 0 Å². The van der Waals surface area contributed by atoms with Gasteiger partial charge >= 0.3 is 147 Å². The Bertz CT molecular complexity index is 348. The summed E-state index contributed by atoms with van der Waals surface area (Å²) in [5.74, 6) is 0.693. The molecule has 2 aliphatic carbocycles. The number of nitrogens with one attached hydrogen (secondary N) is 1. The molecular formula is C15H24I2NO2-. The fourth-order valence-corrected chi connectivity index (χ4v) is 6.98. The molecule has 0 amide bonds. The molecule has 2 atom stereocenters. The third-order valence-corrected chi connectivity index (χ3v) is 9.74. The van der Waals surface area contributed by atoms with Gasteiger partial charge in [0.25, 0.3) is 0 Å². The average Bonchev–Trinajstić information content (AvgIpc) is 3.33. The van der Waals surface area contributed by atoms with Gasteiger partial charge in [-0.05, 0) is 0 Å². The number of carbonyl (C=O) groups is 1. The van der Waals surface area contributed by atoms with Gasteiger partial charge in [-0.1, -0.05) is 0 Å². The molecule has 1 saturated heterocycles. The van der Waals surface area contributed by atoms with Crippen molar-refractivity contribution in [1.82, 2.24) is 3.53 Å². The van der Waals surface area contributed by atoms with Gasteiger partial charge in [0.15, 0.2) is 0 Å². The van der Waals surface area contributed by atoms with Gasteiger partial charge in [-0.2, -0.15) is 0 Å². The third-order valence-electron chi connectivity index (χ3n) is 5.07. The SMILES string of the molecule is O=C(OC1(C2CCCCC2)CCCCC1)C(I)C1N[I-]1. The molecular weight excluding hydrogens is 480 g/mol. The van der Waals surface area contributed by atoms with Gasteiger partial charge < -0.3 is 0 Å². The van der Waals surface area contributed by atoms with Crippen molar-refractivity contribution in [2.45, 2.75) is 77.8 Å². The molecule has 0 radical (unpaired) electrons. The van der Waals surface area contributed by atoms with Crippen molar-refractivity contribution < 1.29 is 31.0 Å². The first-order chi connectivity index (χ1) is 9.71. The van der Waals surface area contributed by atoms with Crippen LogP contribution < -0.4 is 25.0 Å². The maximum absolute atomic E-state index is 12.5. The summed E-state index contributed by atoms with van der Waals surface area (Å²) in [5.41, 5.74) is -0.105. The molecule has 20 heavy (non-hydrogen) atoms. The molecule has 1 aliphatic heterocycles. The quantitative estimate of drug-likeness (QED) is 0.152. The molecule has 0 aromatic carbocycles. The van der Waals surface area contributed by atoms with Gasteiger partial charge in [0.05, 0.1) is 0 Å². The molecule has 1 heterocycles. The first-order valence-corrected chi connectivity index (χ1v) is 11.5. The minimum absolute atomic E-state index is 0.0443. The van der Waals surface area contributed by atoms with E-state index in [2.05, 4.69) is 26.1 Å². The summed E-state index contributed by atoms with van der Waals surface area (Å²) in [6, 6.07) is 0. The van der Waals surface area contributed by atoms with E-state index in [1.807, 2.05) is 0 Å². The molecule has 3 fully saturated rings. The normalized spacial score (nSPS) is 31.9. The van der Waals surface area contributed by atoms with Crippen LogP contribution in [-0.2, 0) is 9.53 Å². The van der Waals surface area contributed by atoms with Crippen LogP contribution in [0.25, 0.3) is 0 Å². The fraction of sp³-hybridized carbons (Fsp3) is 0.933. The molecule has 5 heteroatoms. The van der Waals surface area contributed by atoms with Crippen LogP contribution >= 0.6 is 22.6 Å². The van der Waals surface area contributed by atoms with E-state index in [4.69, 9.17) is 4.74 Å². The van der Waals surface area contributed by atoms with E-state index in [1.54, 1.807) is 0 Å².